The van der Waals surface area contributed by atoms with Crippen LogP contribution in [0.3, 0.4) is 0 Å². The number of aromatic nitrogens is 3. The van der Waals surface area contributed by atoms with Crippen molar-refractivity contribution < 1.29 is 9.59 Å². The Labute approximate surface area is 174 Å². The SMILES string of the molecule is Cc1cc(N2CCC(Nc3cc(C(=O)NC4CC4)c4ccccc4n3)C2=O)n(C)n1. The maximum Gasteiger partial charge on any atom is 0.252 e. The van der Waals surface area contributed by atoms with Gasteiger partial charge in [-0.3, -0.25) is 19.2 Å². The third-order valence-electron chi connectivity index (χ3n) is 5.65. The molecule has 2 aliphatic rings. The molecule has 2 amide bonds. The monoisotopic (exact) mass is 404 g/mol. The summed E-state index contributed by atoms with van der Waals surface area (Å²) in [7, 11) is 1.84. The molecule has 8 heteroatoms. The zero-order chi connectivity index (χ0) is 20.8. The molecule has 3 aromatic rings. The Morgan fingerprint density at radius 2 is 1.97 bits per heavy atom. The number of hydrogen-bond donors (Lipinski definition) is 2. The smallest absolute Gasteiger partial charge is 0.252 e. The molecule has 1 unspecified atom stereocenters. The van der Waals surface area contributed by atoms with Crippen LogP contribution in [0.25, 0.3) is 10.9 Å². The first kappa shape index (κ1) is 18.6. The van der Waals surface area contributed by atoms with Gasteiger partial charge in [0.25, 0.3) is 11.8 Å². The van der Waals surface area contributed by atoms with E-state index in [1.54, 1.807) is 15.6 Å². The summed E-state index contributed by atoms with van der Waals surface area (Å²) >= 11 is 0. The fourth-order valence-electron chi connectivity index (χ4n) is 4.00. The Morgan fingerprint density at radius 1 is 1.17 bits per heavy atom. The van der Waals surface area contributed by atoms with Crippen molar-refractivity contribution in [3.63, 3.8) is 0 Å². The van der Waals surface area contributed by atoms with Crippen LogP contribution >= 0.6 is 0 Å². The molecule has 0 bridgehead atoms. The van der Waals surface area contributed by atoms with E-state index in [1.165, 1.54) is 0 Å². The number of hydrogen-bond acceptors (Lipinski definition) is 5. The van der Waals surface area contributed by atoms with Gasteiger partial charge in [-0.2, -0.15) is 5.10 Å². The highest BCUT2D eigenvalue weighted by molar-refractivity contribution is 6.07. The van der Waals surface area contributed by atoms with E-state index in [4.69, 9.17) is 0 Å². The van der Waals surface area contributed by atoms with E-state index in [2.05, 4.69) is 20.7 Å². The number of carbonyl (C=O) groups excluding carboxylic acids is 2. The number of aryl methyl sites for hydroxylation is 2. The zero-order valence-corrected chi connectivity index (χ0v) is 17.1. The summed E-state index contributed by atoms with van der Waals surface area (Å²) in [6.07, 6.45) is 2.71. The molecule has 8 nitrogen and oxygen atoms in total. The highest BCUT2D eigenvalue weighted by atomic mass is 16.2. The standard InChI is InChI=1S/C22H24N6O2/c1-13-11-20(27(2)26-13)28-10-9-18(22(28)30)25-19-12-16(21(29)23-14-7-8-14)15-5-3-4-6-17(15)24-19/h3-6,11-12,14,18H,7-10H2,1-2H3,(H,23,29)(H,24,25). The van der Waals surface area contributed by atoms with Crippen LogP contribution in [0.15, 0.2) is 36.4 Å². The average Bonchev–Trinajstić information content (AvgIpc) is 3.38. The molecule has 154 valence electrons. The van der Waals surface area contributed by atoms with Crippen molar-refractivity contribution in [2.45, 2.75) is 38.3 Å². The van der Waals surface area contributed by atoms with Crippen LogP contribution < -0.4 is 15.5 Å². The summed E-state index contributed by atoms with van der Waals surface area (Å²) in [5.41, 5.74) is 2.19. The zero-order valence-electron chi connectivity index (χ0n) is 17.1. The number of nitrogens with zero attached hydrogens (tertiary/aromatic N) is 4. The second kappa shape index (κ2) is 7.12. The van der Waals surface area contributed by atoms with Crippen molar-refractivity contribution in [1.82, 2.24) is 20.1 Å². The third kappa shape index (κ3) is 3.38. The fraction of sp³-hybridized carbons (Fsp3) is 0.364. The molecule has 1 saturated carbocycles. The van der Waals surface area contributed by atoms with Crippen molar-refractivity contribution in [1.29, 1.82) is 0 Å². The first-order chi connectivity index (χ1) is 14.5. The summed E-state index contributed by atoms with van der Waals surface area (Å²) in [4.78, 5) is 32.2. The highest BCUT2D eigenvalue weighted by Crippen LogP contribution is 2.27. The molecule has 2 aromatic heterocycles. The van der Waals surface area contributed by atoms with Gasteiger partial charge in [-0.25, -0.2) is 4.98 Å². The lowest BCUT2D eigenvalue weighted by Gasteiger charge is -2.18. The van der Waals surface area contributed by atoms with Crippen LogP contribution in [0.4, 0.5) is 11.6 Å². The maximum absolute atomic E-state index is 13.0. The summed E-state index contributed by atoms with van der Waals surface area (Å²) < 4.78 is 1.73. The Balaban J connectivity index is 1.42. The quantitative estimate of drug-likeness (QED) is 0.681. The van der Waals surface area contributed by atoms with Gasteiger partial charge in [0, 0.05) is 31.1 Å². The molecule has 0 spiro atoms. The third-order valence-corrected chi connectivity index (χ3v) is 5.65. The van der Waals surface area contributed by atoms with E-state index in [1.807, 2.05) is 44.3 Å². The van der Waals surface area contributed by atoms with Gasteiger partial charge in [0.15, 0.2) is 0 Å². The van der Waals surface area contributed by atoms with Gasteiger partial charge < -0.3 is 10.6 Å². The van der Waals surface area contributed by atoms with Gasteiger partial charge >= 0.3 is 0 Å². The predicted molar refractivity (Wildman–Crippen MR) is 115 cm³/mol. The maximum atomic E-state index is 13.0. The molecule has 0 radical (unpaired) electrons. The number of rotatable bonds is 5. The van der Waals surface area contributed by atoms with Crippen LogP contribution in [0, 0.1) is 6.92 Å². The van der Waals surface area contributed by atoms with Gasteiger partial charge in [-0.1, -0.05) is 18.2 Å². The minimum atomic E-state index is -0.395. The predicted octanol–water partition coefficient (Wildman–Crippen LogP) is 2.39. The first-order valence-corrected chi connectivity index (χ1v) is 10.3. The van der Waals surface area contributed by atoms with Crippen molar-refractivity contribution in [3.05, 3.63) is 47.7 Å². The molecule has 30 heavy (non-hydrogen) atoms. The van der Waals surface area contributed by atoms with Crippen molar-refractivity contribution in [3.8, 4) is 0 Å². The number of anilines is 2. The number of amides is 2. The average molecular weight is 404 g/mol. The minimum Gasteiger partial charge on any atom is -0.358 e. The molecule has 2 fully saturated rings. The second-order valence-corrected chi connectivity index (χ2v) is 8.06. The first-order valence-electron chi connectivity index (χ1n) is 10.3. The number of pyridine rings is 1. The molecule has 1 aromatic carbocycles. The molecule has 3 heterocycles. The van der Waals surface area contributed by atoms with E-state index in [0.717, 1.165) is 35.3 Å². The van der Waals surface area contributed by atoms with Gasteiger partial charge in [0.2, 0.25) is 0 Å². The van der Waals surface area contributed by atoms with E-state index >= 15 is 0 Å². The van der Waals surface area contributed by atoms with E-state index in [0.29, 0.717) is 24.3 Å². The summed E-state index contributed by atoms with van der Waals surface area (Å²) in [5, 5.41) is 11.5. The Bertz CT molecular complexity index is 1150. The number of carbonyl (C=O) groups is 2. The van der Waals surface area contributed by atoms with Gasteiger partial charge in [-0.05, 0) is 38.3 Å². The van der Waals surface area contributed by atoms with Crippen LogP contribution in [0.5, 0.6) is 0 Å². The largest absolute Gasteiger partial charge is 0.358 e. The van der Waals surface area contributed by atoms with Crippen LogP contribution in [0.2, 0.25) is 0 Å². The number of nitrogens with one attached hydrogen (secondary N) is 2. The van der Waals surface area contributed by atoms with E-state index < -0.39 is 6.04 Å². The Kier molecular flexibility index (Phi) is 4.42. The fourth-order valence-corrected chi connectivity index (χ4v) is 4.00. The van der Waals surface area contributed by atoms with Crippen LogP contribution in [0.1, 0.15) is 35.3 Å². The summed E-state index contributed by atoms with van der Waals surface area (Å²) in [5.74, 6) is 1.22. The van der Waals surface area contributed by atoms with Crippen LogP contribution in [-0.4, -0.2) is 45.2 Å². The molecular weight excluding hydrogens is 380 g/mol. The number of fused-ring (bicyclic) bond motifs is 1. The molecule has 1 aliphatic heterocycles. The van der Waals surface area contributed by atoms with Gasteiger partial charge in [0.05, 0.1) is 16.8 Å². The molecule has 1 atom stereocenters. The lowest BCUT2D eigenvalue weighted by atomic mass is 10.1. The Morgan fingerprint density at radius 3 is 2.70 bits per heavy atom. The summed E-state index contributed by atoms with van der Waals surface area (Å²) in [6.45, 7) is 2.52. The highest BCUT2D eigenvalue weighted by Gasteiger charge is 2.34. The molecule has 1 aliphatic carbocycles. The molecular formula is C22H24N6O2. The normalized spacial score (nSPS) is 18.8. The minimum absolute atomic E-state index is 0.0167. The second-order valence-electron chi connectivity index (χ2n) is 8.06. The van der Waals surface area contributed by atoms with Crippen molar-refractivity contribution in [2.75, 3.05) is 16.8 Å². The lowest BCUT2D eigenvalue weighted by molar-refractivity contribution is -0.117. The van der Waals surface area contributed by atoms with Crippen molar-refractivity contribution >= 4 is 34.4 Å². The van der Waals surface area contributed by atoms with Crippen molar-refractivity contribution in [2.24, 2.45) is 7.05 Å². The van der Waals surface area contributed by atoms with E-state index in [9.17, 15) is 9.59 Å². The van der Waals surface area contributed by atoms with Gasteiger partial charge in [0.1, 0.15) is 17.7 Å². The lowest BCUT2D eigenvalue weighted by Crippen LogP contribution is -2.34. The molecule has 5 rings (SSSR count). The van der Waals surface area contributed by atoms with Gasteiger partial charge in [-0.15, -0.1) is 0 Å². The summed E-state index contributed by atoms with van der Waals surface area (Å²) in [6, 6.07) is 11.1. The topological polar surface area (TPSA) is 92.2 Å². The molecule has 1 saturated heterocycles. The molecule has 2 N–H and O–H groups in total. The number of benzene rings is 1. The van der Waals surface area contributed by atoms with Crippen LogP contribution in [-0.2, 0) is 11.8 Å². The van der Waals surface area contributed by atoms with E-state index in [-0.39, 0.29) is 17.9 Å². The number of para-hydroxylation sites is 1. The Hall–Kier alpha value is -3.42.